The van der Waals surface area contributed by atoms with Crippen LogP contribution in [0.15, 0.2) is 79.2 Å². The molecule has 0 heterocycles. The zero-order chi connectivity index (χ0) is 20.8. The summed E-state index contributed by atoms with van der Waals surface area (Å²) >= 11 is 10.5. The number of rotatable bonds is 6. The fourth-order valence-electron chi connectivity index (χ4n) is 2.54. The molecule has 3 rings (SSSR count). The summed E-state index contributed by atoms with van der Waals surface area (Å²) in [6, 6.07) is 19.1. The van der Waals surface area contributed by atoms with Gasteiger partial charge in [0, 0.05) is 10.0 Å². The molecule has 0 spiro atoms. The van der Waals surface area contributed by atoms with Crippen LogP contribution in [-0.2, 0) is 6.61 Å². The van der Waals surface area contributed by atoms with Crippen molar-refractivity contribution in [2.24, 2.45) is 5.10 Å². The van der Waals surface area contributed by atoms with Gasteiger partial charge >= 0.3 is 0 Å². The van der Waals surface area contributed by atoms with Crippen LogP contribution in [0, 0.1) is 6.92 Å². The summed E-state index contributed by atoms with van der Waals surface area (Å²) in [5.41, 5.74) is 6.01. The molecule has 1 N–H and O–H groups in total. The van der Waals surface area contributed by atoms with Gasteiger partial charge in [-0.15, -0.1) is 0 Å². The normalized spacial score (nSPS) is 10.9. The van der Waals surface area contributed by atoms with Crippen molar-refractivity contribution >= 4 is 59.9 Å². The lowest BCUT2D eigenvalue weighted by Crippen LogP contribution is -2.17. The number of ether oxygens (including phenoxy) is 1. The van der Waals surface area contributed by atoms with E-state index in [9.17, 15) is 4.79 Å². The lowest BCUT2D eigenvalue weighted by molar-refractivity contribution is 0.0955. The summed E-state index contributed by atoms with van der Waals surface area (Å²) in [5, 5.41) is 4.05. The minimum Gasteiger partial charge on any atom is -0.487 e. The van der Waals surface area contributed by atoms with Gasteiger partial charge in [-0.25, -0.2) is 5.43 Å². The Labute approximate surface area is 194 Å². The Morgan fingerprint density at radius 1 is 1.03 bits per heavy atom. The second-order valence-corrected chi connectivity index (χ2v) is 8.92. The van der Waals surface area contributed by atoms with Gasteiger partial charge < -0.3 is 4.74 Å². The number of carbonyl (C=O) groups is 1. The average molecular weight is 581 g/mol. The smallest absolute Gasteiger partial charge is 0.271 e. The van der Waals surface area contributed by atoms with Crippen molar-refractivity contribution in [1.29, 1.82) is 0 Å². The van der Waals surface area contributed by atoms with Gasteiger partial charge in [-0.2, -0.15) is 5.10 Å². The van der Waals surface area contributed by atoms with Crippen LogP contribution in [0.5, 0.6) is 5.75 Å². The standard InChI is InChI=1S/C22H17Br3N2O2/c1-14-3-2-4-17(9-14)22(28)27-26-12-16-10-19(24)21(20(25)11-16)29-13-15-5-7-18(23)8-6-15/h2-12H,13H2,1H3,(H,27,28)/b26-12-. The number of carbonyl (C=O) groups excluding carboxylic acids is 1. The van der Waals surface area contributed by atoms with Crippen LogP contribution in [-0.4, -0.2) is 12.1 Å². The Hall–Kier alpha value is -1.96. The van der Waals surface area contributed by atoms with Gasteiger partial charge in [0.25, 0.3) is 5.91 Å². The molecule has 4 nitrogen and oxygen atoms in total. The minimum absolute atomic E-state index is 0.252. The number of nitrogens with one attached hydrogen (secondary N) is 1. The van der Waals surface area contributed by atoms with E-state index in [1.54, 1.807) is 12.3 Å². The summed E-state index contributed by atoms with van der Waals surface area (Å²) < 4.78 is 8.54. The summed E-state index contributed by atoms with van der Waals surface area (Å²) in [6.45, 7) is 2.39. The van der Waals surface area contributed by atoms with E-state index in [2.05, 4.69) is 58.3 Å². The Bertz CT molecular complexity index is 1030. The molecule has 0 aliphatic carbocycles. The van der Waals surface area contributed by atoms with Crippen molar-refractivity contribution < 1.29 is 9.53 Å². The molecule has 0 saturated carbocycles. The van der Waals surface area contributed by atoms with Gasteiger partial charge in [0.1, 0.15) is 12.4 Å². The highest BCUT2D eigenvalue weighted by atomic mass is 79.9. The number of aryl methyl sites for hydroxylation is 1. The molecule has 0 aromatic heterocycles. The van der Waals surface area contributed by atoms with Crippen LogP contribution in [0.25, 0.3) is 0 Å². The van der Waals surface area contributed by atoms with E-state index < -0.39 is 0 Å². The molecular formula is C22H17Br3N2O2. The van der Waals surface area contributed by atoms with Crippen molar-refractivity contribution in [3.05, 3.63) is 96.3 Å². The maximum absolute atomic E-state index is 12.1. The monoisotopic (exact) mass is 578 g/mol. The zero-order valence-corrected chi connectivity index (χ0v) is 20.2. The van der Waals surface area contributed by atoms with Gasteiger partial charge in [0.15, 0.2) is 0 Å². The highest BCUT2D eigenvalue weighted by Crippen LogP contribution is 2.35. The second-order valence-electron chi connectivity index (χ2n) is 6.30. The van der Waals surface area contributed by atoms with Crippen LogP contribution in [0.1, 0.15) is 27.0 Å². The van der Waals surface area contributed by atoms with Crippen molar-refractivity contribution in [2.75, 3.05) is 0 Å². The third-order valence-corrected chi connectivity index (χ3v) is 5.68. The number of halogens is 3. The molecule has 7 heteroatoms. The molecule has 0 bridgehead atoms. The molecule has 0 aliphatic heterocycles. The number of benzene rings is 3. The number of amides is 1. The molecule has 0 aliphatic rings. The van der Waals surface area contributed by atoms with Crippen LogP contribution < -0.4 is 10.2 Å². The maximum Gasteiger partial charge on any atom is 0.271 e. The first-order valence-corrected chi connectivity index (χ1v) is 11.1. The van der Waals surface area contributed by atoms with Gasteiger partial charge in [-0.3, -0.25) is 4.79 Å². The molecule has 0 radical (unpaired) electrons. The van der Waals surface area contributed by atoms with Crippen molar-refractivity contribution in [3.63, 3.8) is 0 Å². The van der Waals surface area contributed by atoms with E-state index >= 15 is 0 Å². The van der Waals surface area contributed by atoms with Gasteiger partial charge in [0.05, 0.1) is 15.2 Å². The largest absolute Gasteiger partial charge is 0.487 e. The van der Waals surface area contributed by atoms with E-state index in [0.717, 1.165) is 30.1 Å². The summed E-state index contributed by atoms with van der Waals surface area (Å²) in [4.78, 5) is 12.1. The van der Waals surface area contributed by atoms with Crippen molar-refractivity contribution in [1.82, 2.24) is 5.43 Å². The third kappa shape index (κ3) is 6.26. The molecule has 0 unspecified atom stereocenters. The van der Waals surface area contributed by atoms with Crippen LogP contribution in [0.4, 0.5) is 0 Å². The van der Waals surface area contributed by atoms with Crippen molar-refractivity contribution in [2.45, 2.75) is 13.5 Å². The van der Waals surface area contributed by atoms with Gasteiger partial charge in [0.2, 0.25) is 0 Å². The fourth-order valence-corrected chi connectivity index (χ4v) is 4.26. The summed E-state index contributed by atoms with van der Waals surface area (Å²) in [5.74, 6) is 0.450. The van der Waals surface area contributed by atoms with Gasteiger partial charge in [-0.1, -0.05) is 45.8 Å². The quantitative estimate of drug-likeness (QED) is 0.263. The van der Waals surface area contributed by atoms with E-state index in [4.69, 9.17) is 4.74 Å². The first-order chi connectivity index (χ1) is 13.9. The molecule has 3 aromatic rings. The molecule has 148 valence electrons. The summed E-state index contributed by atoms with van der Waals surface area (Å²) in [7, 11) is 0. The van der Waals surface area contributed by atoms with Crippen LogP contribution in [0.2, 0.25) is 0 Å². The number of hydrogen-bond donors (Lipinski definition) is 1. The minimum atomic E-state index is -0.252. The SMILES string of the molecule is Cc1cccc(C(=O)N/N=C\c2cc(Br)c(OCc3ccc(Br)cc3)c(Br)c2)c1. The maximum atomic E-state index is 12.1. The van der Waals surface area contributed by atoms with Crippen molar-refractivity contribution in [3.8, 4) is 5.75 Å². The first kappa shape index (κ1) is 21.7. The molecule has 29 heavy (non-hydrogen) atoms. The lowest BCUT2D eigenvalue weighted by Gasteiger charge is -2.11. The van der Waals surface area contributed by atoms with E-state index in [1.165, 1.54) is 0 Å². The van der Waals surface area contributed by atoms with Crippen LogP contribution >= 0.6 is 47.8 Å². The fraction of sp³-hybridized carbons (Fsp3) is 0.0909. The Balaban J connectivity index is 1.64. The Kier molecular flexibility index (Phi) is 7.64. The summed E-state index contributed by atoms with van der Waals surface area (Å²) in [6.07, 6.45) is 1.59. The Morgan fingerprint density at radius 2 is 1.72 bits per heavy atom. The Morgan fingerprint density at radius 3 is 2.38 bits per heavy atom. The van der Waals surface area contributed by atoms with Gasteiger partial charge in [-0.05, 0) is 86.3 Å². The van der Waals surface area contributed by atoms with E-state index in [1.807, 2.05) is 61.5 Å². The molecular weight excluding hydrogens is 564 g/mol. The number of nitrogens with zero attached hydrogens (tertiary/aromatic N) is 1. The van der Waals surface area contributed by atoms with Crippen LogP contribution in [0.3, 0.4) is 0 Å². The van der Waals surface area contributed by atoms with E-state index in [0.29, 0.717) is 17.9 Å². The highest BCUT2D eigenvalue weighted by molar-refractivity contribution is 9.11. The number of hydrazone groups is 1. The molecule has 1 amide bonds. The highest BCUT2D eigenvalue weighted by Gasteiger charge is 2.09. The number of hydrogen-bond acceptors (Lipinski definition) is 3. The predicted octanol–water partition coefficient (Wildman–Crippen LogP) is 6.63. The third-order valence-electron chi connectivity index (χ3n) is 3.98. The average Bonchev–Trinajstić information content (AvgIpc) is 2.68. The zero-order valence-electron chi connectivity index (χ0n) is 15.5. The second kappa shape index (κ2) is 10.2. The topological polar surface area (TPSA) is 50.7 Å². The first-order valence-electron chi connectivity index (χ1n) is 8.69. The van der Waals surface area contributed by atoms with E-state index in [-0.39, 0.29) is 5.91 Å². The molecule has 0 fully saturated rings. The lowest BCUT2D eigenvalue weighted by atomic mass is 10.1. The molecule has 3 aromatic carbocycles. The molecule has 0 atom stereocenters. The molecule has 0 saturated heterocycles. The predicted molar refractivity (Wildman–Crippen MR) is 127 cm³/mol.